The summed E-state index contributed by atoms with van der Waals surface area (Å²) in [5.41, 5.74) is 2.49. The molecular formula is C9H10FeN2. The van der Waals surface area contributed by atoms with Crippen molar-refractivity contribution >= 4 is 0 Å². The van der Waals surface area contributed by atoms with Crippen LogP contribution in [0, 0.1) is 0 Å². The topological polar surface area (TPSA) is 31.6 Å². The Morgan fingerprint density at radius 2 is 1.42 bits per heavy atom. The van der Waals surface area contributed by atoms with Gasteiger partial charge >= 0.3 is 0 Å². The zero-order chi connectivity index (χ0) is 7.52. The maximum atomic E-state index is 3.16. The van der Waals surface area contributed by atoms with Gasteiger partial charge in [0.25, 0.3) is 0 Å². The molecule has 0 aliphatic rings. The first-order valence-electron chi connectivity index (χ1n) is 3.70. The van der Waals surface area contributed by atoms with E-state index in [1.165, 1.54) is 11.4 Å². The Bertz CT molecular complexity index is 265. The summed E-state index contributed by atoms with van der Waals surface area (Å²) in [4.78, 5) is 6.31. The average molecular weight is 202 g/mol. The van der Waals surface area contributed by atoms with Crippen LogP contribution in [0.15, 0.2) is 36.7 Å². The van der Waals surface area contributed by atoms with E-state index >= 15 is 0 Å². The van der Waals surface area contributed by atoms with Crippen molar-refractivity contribution in [3.05, 3.63) is 48.0 Å². The zero-order valence-electron chi connectivity index (χ0n) is 6.52. The first-order valence-corrected chi connectivity index (χ1v) is 3.70. The largest absolute Gasteiger partial charge is 0.365 e. The molecule has 0 atom stereocenters. The summed E-state index contributed by atoms with van der Waals surface area (Å²) in [5, 5.41) is 0. The average Bonchev–Trinajstić information content (AvgIpc) is 2.60. The fourth-order valence-corrected chi connectivity index (χ4v) is 1.16. The van der Waals surface area contributed by atoms with Gasteiger partial charge in [0, 0.05) is 47.3 Å². The molecule has 2 heterocycles. The fourth-order valence-electron chi connectivity index (χ4n) is 1.16. The van der Waals surface area contributed by atoms with Gasteiger partial charge in [-0.25, -0.2) is 0 Å². The normalized spacial score (nSPS) is 9.33. The molecule has 64 valence electrons. The number of nitrogens with one attached hydrogen (secondary N) is 2. The molecule has 0 saturated heterocycles. The van der Waals surface area contributed by atoms with Gasteiger partial charge < -0.3 is 9.97 Å². The molecule has 12 heavy (non-hydrogen) atoms. The summed E-state index contributed by atoms with van der Waals surface area (Å²) in [6, 6.07) is 8.19. The van der Waals surface area contributed by atoms with Gasteiger partial charge in [-0.3, -0.25) is 0 Å². The quantitative estimate of drug-likeness (QED) is 0.697. The minimum Gasteiger partial charge on any atom is -0.365 e. The first kappa shape index (κ1) is 9.17. The number of H-pyrrole nitrogens is 2. The molecule has 0 amide bonds. The third-order valence-corrected chi connectivity index (χ3v) is 1.71. The fraction of sp³-hybridized carbons (Fsp3) is 0.111. The standard InChI is InChI=1S/C9H10N2.Fe/c1-3-8(10-5-1)7-9-4-2-6-11-9;/h1-6,10-11H,7H2;. The SMILES string of the molecule is [Fe].c1c[nH]c(Cc2ccc[nH]2)c1. The third kappa shape index (κ3) is 2.03. The maximum Gasteiger partial charge on any atom is 0.0278 e. The van der Waals surface area contributed by atoms with Crippen LogP contribution in [0.25, 0.3) is 0 Å². The van der Waals surface area contributed by atoms with E-state index in [4.69, 9.17) is 0 Å². The molecule has 2 rings (SSSR count). The molecule has 2 nitrogen and oxygen atoms in total. The van der Waals surface area contributed by atoms with Crippen LogP contribution in [0.1, 0.15) is 11.4 Å². The van der Waals surface area contributed by atoms with Crippen molar-refractivity contribution in [2.24, 2.45) is 0 Å². The van der Waals surface area contributed by atoms with E-state index < -0.39 is 0 Å². The van der Waals surface area contributed by atoms with Crippen LogP contribution in [0.2, 0.25) is 0 Å². The summed E-state index contributed by atoms with van der Waals surface area (Å²) in [6.07, 6.45) is 4.84. The van der Waals surface area contributed by atoms with Crippen LogP contribution in [0.3, 0.4) is 0 Å². The van der Waals surface area contributed by atoms with E-state index in [0.717, 1.165) is 6.42 Å². The second-order valence-electron chi connectivity index (χ2n) is 2.57. The van der Waals surface area contributed by atoms with E-state index in [-0.39, 0.29) is 17.1 Å². The molecule has 0 aliphatic carbocycles. The van der Waals surface area contributed by atoms with Gasteiger partial charge in [-0.1, -0.05) is 0 Å². The van der Waals surface area contributed by atoms with Crippen LogP contribution in [0.5, 0.6) is 0 Å². The van der Waals surface area contributed by atoms with Crippen LogP contribution < -0.4 is 0 Å². The number of hydrogen-bond donors (Lipinski definition) is 2. The minimum atomic E-state index is 0. The molecule has 3 heteroatoms. The van der Waals surface area contributed by atoms with Gasteiger partial charge in [-0.15, -0.1) is 0 Å². The summed E-state index contributed by atoms with van der Waals surface area (Å²) in [6.45, 7) is 0. The predicted octanol–water partition coefficient (Wildman–Crippen LogP) is 1.93. The molecule has 0 bridgehead atoms. The monoisotopic (exact) mass is 202 g/mol. The van der Waals surface area contributed by atoms with Crippen LogP contribution in [-0.4, -0.2) is 9.97 Å². The van der Waals surface area contributed by atoms with Crippen molar-refractivity contribution in [3.63, 3.8) is 0 Å². The molecule has 0 unspecified atom stereocenters. The Labute approximate surface area is 81.9 Å². The zero-order valence-corrected chi connectivity index (χ0v) is 7.63. The van der Waals surface area contributed by atoms with Gasteiger partial charge in [0.1, 0.15) is 0 Å². The van der Waals surface area contributed by atoms with Gasteiger partial charge in [0.05, 0.1) is 0 Å². The summed E-state index contributed by atoms with van der Waals surface area (Å²) in [5.74, 6) is 0. The van der Waals surface area contributed by atoms with Gasteiger partial charge in [-0.2, -0.15) is 0 Å². The molecule has 0 aromatic carbocycles. The van der Waals surface area contributed by atoms with Crippen LogP contribution >= 0.6 is 0 Å². The molecule has 2 aromatic heterocycles. The Hall–Kier alpha value is -0.921. The van der Waals surface area contributed by atoms with Crippen molar-refractivity contribution in [3.8, 4) is 0 Å². The van der Waals surface area contributed by atoms with E-state index in [9.17, 15) is 0 Å². The Balaban J connectivity index is 0.000000720. The smallest absolute Gasteiger partial charge is 0.0278 e. The van der Waals surface area contributed by atoms with Crippen molar-refractivity contribution in [2.45, 2.75) is 6.42 Å². The molecule has 2 N–H and O–H groups in total. The van der Waals surface area contributed by atoms with Crippen LogP contribution in [0.4, 0.5) is 0 Å². The number of aromatic nitrogens is 2. The molecule has 0 aliphatic heterocycles. The summed E-state index contributed by atoms with van der Waals surface area (Å²) in [7, 11) is 0. The Morgan fingerprint density at radius 1 is 0.917 bits per heavy atom. The van der Waals surface area contributed by atoms with E-state index in [1.54, 1.807) is 0 Å². The molecule has 2 aromatic rings. The van der Waals surface area contributed by atoms with Gasteiger partial charge in [-0.05, 0) is 24.3 Å². The Kier molecular flexibility index (Phi) is 3.20. The van der Waals surface area contributed by atoms with Crippen LogP contribution in [-0.2, 0) is 23.5 Å². The number of aromatic amines is 2. The van der Waals surface area contributed by atoms with Gasteiger partial charge in [0.15, 0.2) is 0 Å². The number of hydrogen-bond acceptors (Lipinski definition) is 0. The van der Waals surface area contributed by atoms with Crippen molar-refractivity contribution in [2.75, 3.05) is 0 Å². The van der Waals surface area contributed by atoms with Crippen molar-refractivity contribution in [1.82, 2.24) is 9.97 Å². The third-order valence-electron chi connectivity index (χ3n) is 1.71. The van der Waals surface area contributed by atoms with Gasteiger partial charge in [0.2, 0.25) is 0 Å². The molecule has 0 spiro atoms. The molecule has 0 radical (unpaired) electrons. The van der Waals surface area contributed by atoms with Crippen molar-refractivity contribution in [1.29, 1.82) is 0 Å². The maximum absolute atomic E-state index is 3.16. The minimum absolute atomic E-state index is 0. The second-order valence-corrected chi connectivity index (χ2v) is 2.57. The second kappa shape index (κ2) is 4.19. The van der Waals surface area contributed by atoms with E-state index in [1.807, 2.05) is 24.5 Å². The van der Waals surface area contributed by atoms with E-state index in [0.29, 0.717) is 0 Å². The molecular weight excluding hydrogens is 192 g/mol. The summed E-state index contributed by atoms with van der Waals surface area (Å²) < 4.78 is 0. The van der Waals surface area contributed by atoms with Crippen molar-refractivity contribution < 1.29 is 17.1 Å². The summed E-state index contributed by atoms with van der Waals surface area (Å²) >= 11 is 0. The van der Waals surface area contributed by atoms with E-state index in [2.05, 4.69) is 22.1 Å². The molecule has 0 saturated carbocycles. The first-order chi connectivity index (χ1) is 5.45. The molecule has 0 fully saturated rings. The number of rotatable bonds is 2. The predicted molar refractivity (Wildman–Crippen MR) is 44.4 cm³/mol. The Morgan fingerprint density at radius 3 is 1.75 bits per heavy atom.